The standard InChI is InChI=1S/C19H26N4O2/c1-3-18-17(13-22(2)21-18)19(25)20-10-16(24)12-23-9-8-14-6-4-5-7-15(14)11-23/h4-7,13,16,24H,3,8-12H2,1-2H3,(H,20,25). The second-order valence-electron chi connectivity index (χ2n) is 6.63. The van der Waals surface area contributed by atoms with Gasteiger partial charge in [0.15, 0.2) is 0 Å². The molecule has 0 bridgehead atoms. The van der Waals surface area contributed by atoms with Crippen LogP contribution in [0.25, 0.3) is 0 Å². The summed E-state index contributed by atoms with van der Waals surface area (Å²) in [5.41, 5.74) is 4.09. The second kappa shape index (κ2) is 7.80. The quantitative estimate of drug-likeness (QED) is 0.826. The van der Waals surface area contributed by atoms with E-state index in [9.17, 15) is 9.90 Å². The predicted molar refractivity (Wildman–Crippen MR) is 96.3 cm³/mol. The predicted octanol–water partition coefficient (Wildman–Crippen LogP) is 1.13. The van der Waals surface area contributed by atoms with E-state index >= 15 is 0 Å². The lowest BCUT2D eigenvalue weighted by molar-refractivity contribution is 0.0841. The fourth-order valence-electron chi connectivity index (χ4n) is 3.36. The number of benzene rings is 1. The Hall–Kier alpha value is -2.18. The van der Waals surface area contributed by atoms with Crippen LogP contribution in [-0.4, -0.2) is 51.4 Å². The summed E-state index contributed by atoms with van der Waals surface area (Å²) in [6.07, 6.45) is 2.85. The number of fused-ring (bicyclic) bond motifs is 1. The van der Waals surface area contributed by atoms with Crippen LogP contribution in [-0.2, 0) is 26.4 Å². The van der Waals surface area contributed by atoms with Gasteiger partial charge >= 0.3 is 0 Å². The first kappa shape index (κ1) is 17.6. The Bertz CT molecular complexity index is 741. The first-order valence-electron chi connectivity index (χ1n) is 8.84. The molecular weight excluding hydrogens is 316 g/mol. The monoisotopic (exact) mass is 342 g/mol. The molecule has 1 aliphatic rings. The maximum Gasteiger partial charge on any atom is 0.254 e. The van der Waals surface area contributed by atoms with Crippen LogP contribution in [0.2, 0.25) is 0 Å². The van der Waals surface area contributed by atoms with E-state index in [0.717, 1.165) is 25.2 Å². The first-order valence-corrected chi connectivity index (χ1v) is 8.84. The Morgan fingerprint density at radius 3 is 2.88 bits per heavy atom. The van der Waals surface area contributed by atoms with Gasteiger partial charge in [-0.15, -0.1) is 0 Å². The average molecular weight is 342 g/mol. The molecule has 0 fully saturated rings. The molecule has 1 aromatic carbocycles. The lowest BCUT2D eigenvalue weighted by atomic mass is 10.00. The number of aliphatic hydroxyl groups excluding tert-OH is 1. The zero-order valence-corrected chi connectivity index (χ0v) is 14.9. The normalized spacial score (nSPS) is 15.6. The number of aliphatic hydroxyl groups is 1. The van der Waals surface area contributed by atoms with Crippen molar-refractivity contribution in [2.24, 2.45) is 7.05 Å². The number of nitrogens with one attached hydrogen (secondary N) is 1. The molecule has 0 spiro atoms. The van der Waals surface area contributed by atoms with Gasteiger partial charge < -0.3 is 10.4 Å². The van der Waals surface area contributed by atoms with E-state index in [4.69, 9.17) is 0 Å². The number of carbonyl (C=O) groups excluding carboxylic acids is 1. The molecule has 2 aromatic rings. The number of carbonyl (C=O) groups is 1. The molecule has 0 aliphatic carbocycles. The first-order chi connectivity index (χ1) is 12.1. The van der Waals surface area contributed by atoms with Crippen LogP contribution in [0.3, 0.4) is 0 Å². The summed E-state index contributed by atoms with van der Waals surface area (Å²) >= 11 is 0. The third kappa shape index (κ3) is 4.27. The molecule has 0 saturated heterocycles. The number of nitrogens with zero attached hydrogens (tertiary/aromatic N) is 3. The fraction of sp³-hybridized carbons (Fsp3) is 0.474. The molecule has 2 heterocycles. The summed E-state index contributed by atoms with van der Waals surface area (Å²) < 4.78 is 1.65. The van der Waals surface area contributed by atoms with E-state index in [1.54, 1.807) is 17.9 Å². The third-order valence-electron chi connectivity index (χ3n) is 4.66. The zero-order valence-electron chi connectivity index (χ0n) is 14.9. The number of β-amino-alcohol motifs (C(OH)–C–C–N with tert-alkyl or cyclic N) is 1. The van der Waals surface area contributed by atoms with Gasteiger partial charge in [0.1, 0.15) is 0 Å². The molecule has 6 nitrogen and oxygen atoms in total. The van der Waals surface area contributed by atoms with Gasteiger partial charge in [-0.05, 0) is 24.0 Å². The Morgan fingerprint density at radius 1 is 1.36 bits per heavy atom. The molecule has 1 unspecified atom stereocenters. The van der Waals surface area contributed by atoms with Gasteiger partial charge in [-0.1, -0.05) is 31.2 Å². The van der Waals surface area contributed by atoms with Crippen molar-refractivity contribution in [1.29, 1.82) is 0 Å². The topological polar surface area (TPSA) is 70.4 Å². The van der Waals surface area contributed by atoms with E-state index in [-0.39, 0.29) is 12.5 Å². The van der Waals surface area contributed by atoms with E-state index < -0.39 is 6.10 Å². The van der Waals surface area contributed by atoms with Crippen molar-refractivity contribution in [2.45, 2.75) is 32.4 Å². The van der Waals surface area contributed by atoms with Crippen molar-refractivity contribution < 1.29 is 9.90 Å². The summed E-state index contributed by atoms with van der Waals surface area (Å²) in [4.78, 5) is 14.5. The summed E-state index contributed by atoms with van der Waals surface area (Å²) in [5.74, 6) is -0.173. The Balaban J connectivity index is 1.50. The molecule has 3 rings (SSSR count). The van der Waals surface area contributed by atoms with Gasteiger partial charge in [-0.25, -0.2) is 0 Å². The molecule has 2 N–H and O–H groups in total. The molecule has 0 radical (unpaired) electrons. The zero-order chi connectivity index (χ0) is 17.8. The minimum Gasteiger partial charge on any atom is -0.390 e. The molecule has 134 valence electrons. The molecule has 1 aromatic heterocycles. The van der Waals surface area contributed by atoms with Crippen LogP contribution in [0.15, 0.2) is 30.5 Å². The van der Waals surface area contributed by atoms with Gasteiger partial charge in [0.2, 0.25) is 0 Å². The molecule has 1 aliphatic heterocycles. The van der Waals surface area contributed by atoms with Crippen molar-refractivity contribution in [3.63, 3.8) is 0 Å². The SMILES string of the molecule is CCc1nn(C)cc1C(=O)NCC(O)CN1CCc2ccccc2C1. The fourth-order valence-corrected chi connectivity index (χ4v) is 3.36. The van der Waals surface area contributed by atoms with E-state index in [2.05, 4.69) is 39.6 Å². The number of rotatable bonds is 6. The van der Waals surface area contributed by atoms with Crippen molar-refractivity contribution in [3.8, 4) is 0 Å². The maximum atomic E-state index is 12.3. The molecule has 1 atom stereocenters. The minimum atomic E-state index is -0.587. The summed E-state index contributed by atoms with van der Waals surface area (Å²) in [6.45, 7) is 4.56. The van der Waals surface area contributed by atoms with Crippen LogP contribution in [0.1, 0.15) is 34.1 Å². The number of hydrogen-bond donors (Lipinski definition) is 2. The maximum absolute atomic E-state index is 12.3. The summed E-state index contributed by atoms with van der Waals surface area (Å²) in [6, 6.07) is 8.44. The second-order valence-corrected chi connectivity index (χ2v) is 6.63. The van der Waals surface area contributed by atoms with Crippen molar-refractivity contribution >= 4 is 5.91 Å². The van der Waals surface area contributed by atoms with E-state index in [0.29, 0.717) is 18.5 Å². The highest BCUT2D eigenvalue weighted by molar-refractivity contribution is 5.95. The van der Waals surface area contributed by atoms with Gasteiger partial charge in [0.25, 0.3) is 5.91 Å². The van der Waals surface area contributed by atoms with Gasteiger partial charge in [0, 0.05) is 39.4 Å². The van der Waals surface area contributed by atoms with Crippen LogP contribution in [0.5, 0.6) is 0 Å². The summed E-state index contributed by atoms with van der Waals surface area (Å²) in [7, 11) is 1.80. The van der Waals surface area contributed by atoms with E-state index in [1.165, 1.54) is 11.1 Å². The van der Waals surface area contributed by atoms with Gasteiger partial charge in [-0.2, -0.15) is 5.10 Å². The largest absolute Gasteiger partial charge is 0.390 e. The third-order valence-corrected chi connectivity index (χ3v) is 4.66. The van der Waals surface area contributed by atoms with Crippen LogP contribution in [0, 0.1) is 0 Å². The molecule has 1 amide bonds. The Morgan fingerprint density at radius 2 is 2.12 bits per heavy atom. The summed E-state index contributed by atoms with van der Waals surface area (Å²) in [5, 5.41) is 17.4. The van der Waals surface area contributed by atoms with Gasteiger partial charge in [-0.3, -0.25) is 14.4 Å². The number of amides is 1. The number of aryl methyl sites for hydroxylation is 2. The van der Waals surface area contributed by atoms with Crippen LogP contribution >= 0.6 is 0 Å². The smallest absolute Gasteiger partial charge is 0.254 e. The van der Waals surface area contributed by atoms with Crippen molar-refractivity contribution in [1.82, 2.24) is 20.0 Å². The van der Waals surface area contributed by atoms with E-state index in [1.807, 2.05) is 6.92 Å². The Labute approximate surface area is 148 Å². The molecule has 0 saturated carbocycles. The number of hydrogen-bond acceptors (Lipinski definition) is 4. The lowest BCUT2D eigenvalue weighted by Crippen LogP contribution is -2.42. The van der Waals surface area contributed by atoms with Gasteiger partial charge in [0.05, 0.1) is 17.4 Å². The van der Waals surface area contributed by atoms with Crippen molar-refractivity contribution in [2.75, 3.05) is 19.6 Å². The molecule has 25 heavy (non-hydrogen) atoms. The molecule has 6 heteroatoms. The lowest BCUT2D eigenvalue weighted by Gasteiger charge is -2.30. The van der Waals surface area contributed by atoms with Crippen LogP contribution < -0.4 is 5.32 Å². The number of aromatic nitrogens is 2. The highest BCUT2D eigenvalue weighted by Gasteiger charge is 2.20. The molecular formula is C19H26N4O2. The van der Waals surface area contributed by atoms with Crippen LogP contribution in [0.4, 0.5) is 0 Å². The highest BCUT2D eigenvalue weighted by Crippen LogP contribution is 2.18. The Kier molecular flexibility index (Phi) is 5.50. The highest BCUT2D eigenvalue weighted by atomic mass is 16.3. The minimum absolute atomic E-state index is 0.173. The van der Waals surface area contributed by atoms with Crippen molar-refractivity contribution in [3.05, 3.63) is 52.8 Å². The average Bonchev–Trinajstić information content (AvgIpc) is 3.00.